The van der Waals surface area contributed by atoms with Crippen molar-refractivity contribution in [1.82, 2.24) is 5.32 Å². The third-order valence-corrected chi connectivity index (χ3v) is 3.02. The molecule has 1 saturated heterocycles. The maximum absolute atomic E-state index is 11.7. The van der Waals surface area contributed by atoms with Gasteiger partial charge in [-0.05, 0) is 17.7 Å². The van der Waals surface area contributed by atoms with Crippen molar-refractivity contribution in [3.63, 3.8) is 0 Å². The standard InChI is InChI=1S/C13H15NO3/c1-17-13(16)10-4-2-9(3-5-10)11-8-14-7-6-12(11)15/h2-5,11,14H,6-8H2,1H3. The highest BCUT2D eigenvalue weighted by atomic mass is 16.5. The van der Waals surface area contributed by atoms with Gasteiger partial charge in [0.1, 0.15) is 5.78 Å². The van der Waals surface area contributed by atoms with Gasteiger partial charge in [-0.2, -0.15) is 0 Å². The van der Waals surface area contributed by atoms with E-state index >= 15 is 0 Å². The van der Waals surface area contributed by atoms with Crippen LogP contribution in [-0.2, 0) is 9.53 Å². The number of carbonyl (C=O) groups is 2. The molecule has 90 valence electrons. The predicted octanol–water partition coefficient (Wildman–Crippen LogP) is 1.12. The van der Waals surface area contributed by atoms with Crippen LogP contribution in [0, 0.1) is 0 Å². The molecule has 1 atom stereocenters. The number of hydrogen-bond donors (Lipinski definition) is 1. The summed E-state index contributed by atoms with van der Waals surface area (Å²) in [5.74, 6) is -0.185. The lowest BCUT2D eigenvalue weighted by Crippen LogP contribution is -2.35. The van der Waals surface area contributed by atoms with Gasteiger partial charge in [-0.3, -0.25) is 4.79 Å². The molecule has 1 fully saturated rings. The maximum atomic E-state index is 11.7. The van der Waals surface area contributed by atoms with E-state index in [4.69, 9.17) is 0 Å². The topological polar surface area (TPSA) is 55.4 Å². The number of benzene rings is 1. The van der Waals surface area contributed by atoms with Crippen LogP contribution >= 0.6 is 0 Å². The average Bonchev–Trinajstić information content (AvgIpc) is 2.39. The summed E-state index contributed by atoms with van der Waals surface area (Å²) < 4.78 is 4.62. The molecule has 1 aliphatic rings. The van der Waals surface area contributed by atoms with Crippen LogP contribution < -0.4 is 5.32 Å². The molecular formula is C13H15NO3. The Labute approximate surface area is 100.0 Å². The van der Waals surface area contributed by atoms with Gasteiger partial charge in [0, 0.05) is 19.5 Å². The molecule has 0 spiro atoms. The number of piperidine rings is 1. The number of Topliss-reactive ketones (excluding diaryl/α,β-unsaturated/α-hetero) is 1. The summed E-state index contributed by atoms with van der Waals surface area (Å²) in [6, 6.07) is 7.04. The van der Waals surface area contributed by atoms with Crippen molar-refractivity contribution < 1.29 is 14.3 Å². The molecule has 1 heterocycles. The summed E-state index contributed by atoms with van der Waals surface area (Å²) in [5.41, 5.74) is 1.46. The van der Waals surface area contributed by atoms with Gasteiger partial charge < -0.3 is 10.1 Å². The van der Waals surface area contributed by atoms with Gasteiger partial charge in [-0.25, -0.2) is 4.79 Å². The molecule has 1 N–H and O–H groups in total. The lowest BCUT2D eigenvalue weighted by Gasteiger charge is -2.21. The minimum absolute atomic E-state index is 0.0875. The fourth-order valence-electron chi connectivity index (χ4n) is 2.02. The van der Waals surface area contributed by atoms with Gasteiger partial charge in [-0.15, -0.1) is 0 Å². The van der Waals surface area contributed by atoms with Gasteiger partial charge >= 0.3 is 5.97 Å². The van der Waals surface area contributed by atoms with E-state index in [9.17, 15) is 9.59 Å². The van der Waals surface area contributed by atoms with Crippen LogP contribution in [0.5, 0.6) is 0 Å². The maximum Gasteiger partial charge on any atom is 0.337 e. The number of esters is 1. The molecule has 0 aliphatic carbocycles. The molecular weight excluding hydrogens is 218 g/mol. The average molecular weight is 233 g/mol. The van der Waals surface area contributed by atoms with E-state index in [1.54, 1.807) is 12.1 Å². The van der Waals surface area contributed by atoms with E-state index in [-0.39, 0.29) is 17.7 Å². The number of ketones is 1. The first-order valence-corrected chi connectivity index (χ1v) is 5.64. The summed E-state index contributed by atoms with van der Waals surface area (Å²) in [6.45, 7) is 1.44. The summed E-state index contributed by atoms with van der Waals surface area (Å²) in [5, 5.41) is 3.20. The Morgan fingerprint density at radius 3 is 2.65 bits per heavy atom. The van der Waals surface area contributed by atoms with Crippen LogP contribution in [0.4, 0.5) is 0 Å². The molecule has 1 unspecified atom stereocenters. The van der Waals surface area contributed by atoms with Gasteiger partial charge in [0.05, 0.1) is 18.6 Å². The minimum Gasteiger partial charge on any atom is -0.465 e. The fraction of sp³-hybridized carbons (Fsp3) is 0.385. The summed E-state index contributed by atoms with van der Waals surface area (Å²) >= 11 is 0. The zero-order valence-corrected chi connectivity index (χ0v) is 9.73. The van der Waals surface area contributed by atoms with Crippen LogP contribution in [0.25, 0.3) is 0 Å². The van der Waals surface area contributed by atoms with Crippen LogP contribution in [0.1, 0.15) is 28.3 Å². The second-order valence-corrected chi connectivity index (χ2v) is 4.09. The zero-order valence-electron chi connectivity index (χ0n) is 9.73. The molecule has 0 aromatic heterocycles. The summed E-state index contributed by atoms with van der Waals surface area (Å²) in [4.78, 5) is 23.0. The summed E-state index contributed by atoms with van der Waals surface area (Å²) in [7, 11) is 1.35. The second kappa shape index (κ2) is 5.10. The van der Waals surface area contributed by atoms with E-state index in [2.05, 4.69) is 10.1 Å². The molecule has 1 aromatic rings. The third kappa shape index (κ3) is 2.53. The molecule has 2 rings (SSSR count). The van der Waals surface area contributed by atoms with Crippen molar-refractivity contribution in [2.24, 2.45) is 0 Å². The van der Waals surface area contributed by atoms with E-state index in [1.807, 2.05) is 12.1 Å². The lowest BCUT2D eigenvalue weighted by molar-refractivity contribution is -0.121. The van der Waals surface area contributed by atoms with E-state index in [0.717, 1.165) is 12.1 Å². The Bertz CT molecular complexity index is 425. The zero-order chi connectivity index (χ0) is 12.3. The van der Waals surface area contributed by atoms with Gasteiger partial charge in [0.25, 0.3) is 0 Å². The number of nitrogens with one attached hydrogen (secondary N) is 1. The lowest BCUT2D eigenvalue weighted by atomic mass is 9.90. The third-order valence-electron chi connectivity index (χ3n) is 3.02. The number of ether oxygens (including phenoxy) is 1. The normalized spacial score (nSPS) is 20.1. The number of rotatable bonds is 2. The van der Waals surface area contributed by atoms with Crippen LogP contribution in [0.2, 0.25) is 0 Å². The van der Waals surface area contributed by atoms with Crippen molar-refractivity contribution in [3.05, 3.63) is 35.4 Å². The number of carbonyl (C=O) groups excluding carboxylic acids is 2. The molecule has 17 heavy (non-hydrogen) atoms. The van der Waals surface area contributed by atoms with Crippen LogP contribution in [-0.4, -0.2) is 32.0 Å². The Kier molecular flexibility index (Phi) is 3.54. The van der Waals surface area contributed by atoms with Crippen molar-refractivity contribution in [2.45, 2.75) is 12.3 Å². The fourth-order valence-corrected chi connectivity index (χ4v) is 2.02. The molecule has 1 aromatic carbocycles. The largest absolute Gasteiger partial charge is 0.465 e. The second-order valence-electron chi connectivity index (χ2n) is 4.09. The highest BCUT2D eigenvalue weighted by molar-refractivity contribution is 5.90. The molecule has 4 nitrogen and oxygen atoms in total. The molecule has 0 saturated carbocycles. The highest BCUT2D eigenvalue weighted by Crippen LogP contribution is 2.20. The van der Waals surface area contributed by atoms with Gasteiger partial charge in [0.2, 0.25) is 0 Å². The summed E-state index contributed by atoms with van der Waals surface area (Å²) in [6.07, 6.45) is 0.573. The highest BCUT2D eigenvalue weighted by Gasteiger charge is 2.23. The van der Waals surface area contributed by atoms with Gasteiger partial charge in [0.15, 0.2) is 0 Å². The SMILES string of the molecule is COC(=O)c1ccc(C2CNCCC2=O)cc1. The van der Waals surface area contributed by atoms with E-state index in [0.29, 0.717) is 18.5 Å². The first-order chi connectivity index (χ1) is 8.22. The Morgan fingerprint density at radius 2 is 2.06 bits per heavy atom. The molecule has 1 aliphatic heterocycles. The van der Waals surface area contributed by atoms with E-state index < -0.39 is 0 Å². The van der Waals surface area contributed by atoms with Crippen molar-refractivity contribution in [3.8, 4) is 0 Å². The first-order valence-electron chi connectivity index (χ1n) is 5.64. The molecule has 0 amide bonds. The van der Waals surface area contributed by atoms with Crippen LogP contribution in [0.15, 0.2) is 24.3 Å². The number of methoxy groups -OCH3 is 1. The first kappa shape index (κ1) is 11.8. The van der Waals surface area contributed by atoms with Crippen LogP contribution in [0.3, 0.4) is 0 Å². The van der Waals surface area contributed by atoms with E-state index in [1.165, 1.54) is 7.11 Å². The molecule has 4 heteroatoms. The Balaban J connectivity index is 2.17. The quantitative estimate of drug-likeness (QED) is 0.778. The predicted molar refractivity (Wildman–Crippen MR) is 63.0 cm³/mol. The van der Waals surface area contributed by atoms with Crippen molar-refractivity contribution in [1.29, 1.82) is 0 Å². The smallest absolute Gasteiger partial charge is 0.337 e. The number of hydrogen-bond acceptors (Lipinski definition) is 4. The van der Waals surface area contributed by atoms with Gasteiger partial charge in [-0.1, -0.05) is 12.1 Å². The van der Waals surface area contributed by atoms with Crippen molar-refractivity contribution in [2.75, 3.05) is 20.2 Å². The minimum atomic E-state index is -0.357. The monoisotopic (exact) mass is 233 g/mol. The Hall–Kier alpha value is -1.68. The Morgan fingerprint density at radius 1 is 1.35 bits per heavy atom. The molecule has 0 radical (unpaired) electrons. The van der Waals surface area contributed by atoms with Crippen molar-refractivity contribution >= 4 is 11.8 Å². The molecule has 0 bridgehead atoms.